The third-order valence-corrected chi connectivity index (χ3v) is 4.08. The molecule has 0 saturated carbocycles. The highest BCUT2D eigenvalue weighted by molar-refractivity contribution is 7.12. The number of benzene rings is 1. The van der Waals surface area contributed by atoms with Gasteiger partial charge in [0.1, 0.15) is 0 Å². The van der Waals surface area contributed by atoms with E-state index in [9.17, 15) is 14.4 Å². The molecule has 5 nitrogen and oxygen atoms in total. The van der Waals surface area contributed by atoms with Crippen LogP contribution in [0.15, 0.2) is 54.4 Å². The highest BCUT2D eigenvalue weighted by Crippen LogP contribution is 2.19. The number of thiophene rings is 1. The molecule has 0 bridgehead atoms. The first-order chi connectivity index (χ1) is 11.5. The standard InChI is InChI=1S/C18H17NO4S/c1-3-10-19-17(21)12(2)23-18(22)14-8-5-4-7-13(14)16(20)15-9-6-11-24-15/h3-9,11-12H,1,10H2,2H3,(H,19,21)/t12-/m0/s1. The average molecular weight is 343 g/mol. The Morgan fingerprint density at radius 2 is 1.92 bits per heavy atom. The lowest BCUT2D eigenvalue weighted by molar-refractivity contribution is -0.128. The van der Waals surface area contributed by atoms with Crippen LogP contribution in [-0.4, -0.2) is 30.3 Å². The smallest absolute Gasteiger partial charge is 0.339 e. The molecule has 0 aliphatic rings. The number of carbonyl (C=O) groups excluding carboxylic acids is 3. The van der Waals surface area contributed by atoms with Gasteiger partial charge in [-0.15, -0.1) is 17.9 Å². The fraction of sp³-hybridized carbons (Fsp3) is 0.167. The first-order valence-corrected chi connectivity index (χ1v) is 8.19. The van der Waals surface area contributed by atoms with Crippen LogP contribution < -0.4 is 5.32 Å². The minimum atomic E-state index is -0.970. The lowest BCUT2D eigenvalue weighted by Crippen LogP contribution is -2.36. The Morgan fingerprint density at radius 1 is 1.21 bits per heavy atom. The van der Waals surface area contributed by atoms with Crippen LogP contribution in [-0.2, 0) is 9.53 Å². The lowest BCUT2D eigenvalue weighted by Gasteiger charge is -2.14. The van der Waals surface area contributed by atoms with Crippen LogP contribution >= 0.6 is 11.3 Å². The molecule has 0 aliphatic heterocycles. The summed E-state index contributed by atoms with van der Waals surface area (Å²) < 4.78 is 5.17. The van der Waals surface area contributed by atoms with E-state index >= 15 is 0 Å². The van der Waals surface area contributed by atoms with Crippen LogP contribution in [0.5, 0.6) is 0 Å². The maximum atomic E-state index is 12.5. The van der Waals surface area contributed by atoms with Crippen molar-refractivity contribution < 1.29 is 19.1 Å². The quantitative estimate of drug-likeness (QED) is 0.477. The highest BCUT2D eigenvalue weighted by Gasteiger charge is 2.23. The second-order valence-corrected chi connectivity index (χ2v) is 5.88. The zero-order valence-corrected chi connectivity index (χ0v) is 14.0. The van der Waals surface area contributed by atoms with Gasteiger partial charge < -0.3 is 10.1 Å². The minimum Gasteiger partial charge on any atom is -0.449 e. The number of ether oxygens (including phenoxy) is 1. The molecule has 0 unspecified atom stereocenters. The van der Waals surface area contributed by atoms with E-state index in [0.29, 0.717) is 4.88 Å². The third-order valence-electron chi connectivity index (χ3n) is 3.21. The Hall–Kier alpha value is -2.73. The van der Waals surface area contributed by atoms with Crippen molar-refractivity contribution in [2.45, 2.75) is 13.0 Å². The van der Waals surface area contributed by atoms with Gasteiger partial charge in [0.15, 0.2) is 6.10 Å². The maximum absolute atomic E-state index is 12.5. The summed E-state index contributed by atoms with van der Waals surface area (Å²) in [5, 5.41) is 4.34. The summed E-state index contributed by atoms with van der Waals surface area (Å²) in [5.41, 5.74) is 0.392. The van der Waals surface area contributed by atoms with Crippen molar-refractivity contribution in [3.05, 3.63) is 70.4 Å². The number of carbonyl (C=O) groups is 3. The Labute approximate surface area is 144 Å². The van der Waals surface area contributed by atoms with E-state index in [1.807, 2.05) is 0 Å². The molecule has 0 aliphatic carbocycles. The molecule has 0 fully saturated rings. The molecule has 0 saturated heterocycles. The van der Waals surface area contributed by atoms with E-state index in [0.717, 1.165) is 0 Å². The molecule has 1 N–H and O–H groups in total. The Morgan fingerprint density at radius 3 is 2.54 bits per heavy atom. The fourth-order valence-electron chi connectivity index (χ4n) is 1.99. The number of nitrogens with one attached hydrogen (secondary N) is 1. The van der Waals surface area contributed by atoms with Crippen molar-refractivity contribution in [3.8, 4) is 0 Å². The molecule has 0 radical (unpaired) electrons. The van der Waals surface area contributed by atoms with Gasteiger partial charge in [0.2, 0.25) is 5.78 Å². The number of hydrogen-bond acceptors (Lipinski definition) is 5. The van der Waals surface area contributed by atoms with Crippen molar-refractivity contribution in [2.75, 3.05) is 6.54 Å². The van der Waals surface area contributed by atoms with Crippen LogP contribution in [0.25, 0.3) is 0 Å². The predicted molar refractivity (Wildman–Crippen MR) is 92.3 cm³/mol. The van der Waals surface area contributed by atoms with Gasteiger partial charge >= 0.3 is 5.97 Å². The highest BCUT2D eigenvalue weighted by atomic mass is 32.1. The molecule has 2 rings (SSSR count). The Kier molecular flexibility index (Phi) is 6.03. The molecule has 0 spiro atoms. The molecule has 1 amide bonds. The Bertz CT molecular complexity index is 752. The number of ketones is 1. The van der Waals surface area contributed by atoms with E-state index in [-0.39, 0.29) is 23.5 Å². The van der Waals surface area contributed by atoms with Gasteiger partial charge in [-0.05, 0) is 24.4 Å². The monoisotopic (exact) mass is 343 g/mol. The molecular weight excluding hydrogens is 326 g/mol. The summed E-state index contributed by atoms with van der Waals surface area (Å²) in [6.45, 7) is 5.26. The van der Waals surface area contributed by atoms with Gasteiger partial charge in [0.25, 0.3) is 5.91 Å². The summed E-state index contributed by atoms with van der Waals surface area (Å²) in [5.74, 6) is -1.39. The summed E-state index contributed by atoms with van der Waals surface area (Å²) >= 11 is 1.30. The van der Waals surface area contributed by atoms with Crippen LogP contribution in [0.2, 0.25) is 0 Å². The van der Waals surface area contributed by atoms with E-state index in [1.54, 1.807) is 35.7 Å². The largest absolute Gasteiger partial charge is 0.449 e. The van der Waals surface area contributed by atoms with Gasteiger partial charge in [-0.25, -0.2) is 4.79 Å². The fourth-order valence-corrected chi connectivity index (χ4v) is 2.67. The number of rotatable bonds is 7. The topological polar surface area (TPSA) is 72.5 Å². The molecule has 1 aromatic heterocycles. The number of amides is 1. The van der Waals surface area contributed by atoms with Gasteiger partial charge in [0.05, 0.1) is 10.4 Å². The van der Waals surface area contributed by atoms with Gasteiger partial charge in [-0.1, -0.05) is 30.3 Å². The predicted octanol–water partition coefficient (Wildman–Crippen LogP) is 2.83. The van der Waals surface area contributed by atoms with Crippen LogP contribution in [0, 0.1) is 0 Å². The maximum Gasteiger partial charge on any atom is 0.339 e. The third kappa shape index (κ3) is 4.17. The molecular formula is C18H17NO4S. The molecule has 124 valence electrons. The van der Waals surface area contributed by atoms with Crippen molar-refractivity contribution >= 4 is 29.0 Å². The average Bonchev–Trinajstić information content (AvgIpc) is 3.13. The van der Waals surface area contributed by atoms with Crippen molar-refractivity contribution in [3.63, 3.8) is 0 Å². The van der Waals surface area contributed by atoms with E-state index in [4.69, 9.17) is 4.74 Å². The van der Waals surface area contributed by atoms with E-state index in [2.05, 4.69) is 11.9 Å². The molecule has 2 aromatic rings. The zero-order valence-electron chi connectivity index (χ0n) is 13.2. The van der Waals surface area contributed by atoms with Gasteiger partial charge in [0, 0.05) is 12.1 Å². The summed E-state index contributed by atoms with van der Waals surface area (Å²) in [6.07, 6.45) is 0.559. The van der Waals surface area contributed by atoms with Crippen LogP contribution in [0.1, 0.15) is 32.5 Å². The first-order valence-electron chi connectivity index (χ1n) is 7.31. The SMILES string of the molecule is C=CCNC(=O)[C@H](C)OC(=O)c1ccccc1C(=O)c1cccs1. The molecule has 1 heterocycles. The molecule has 6 heteroatoms. The number of esters is 1. The van der Waals surface area contributed by atoms with Crippen molar-refractivity contribution in [1.82, 2.24) is 5.32 Å². The normalized spacial score (nSPS) is 11.4. The second kappa shape index (κ2) is 8.21. The molecule has 1 aromatic carbocycles. The van der Waals surface area contributed by atoms with Crippen LogP contribution in [0.3, 0.4) is 0 Å². The molecule has 24 heavy (non-hydrogen) atoms. The molecule has 1 atom stereocenters. The van der Waals surface area contributed by atoms with Crippen molar-refractivity contribution in [1.29, 1.82) is 0 Å². The zero-order chi connectivity index (χ0) is 17.5. The number of hydrogen-bond donors (Lipinski definition) is 1. The van der Waals surface area contributed by atoms with Crippen molar-refractivity contribution in [2.24, 2.45) is 0 Å². The van der Waals surface area contributed by atoms with Gasteiger partial charge in [-0.3, -0.25) is 9.59 Å². The first kappa shape index (κ1) is 17.6. The Balaban J connectivity index is 2.17. The second-order valence-electron chi connectivity index (χ2n) is 4.93. The van der Waals surface area contributed by atoms with E-state index in [1.165, 1.54) is 30.4 Å². The summed E-state index contributed by atoms with van der Waals surface area (Å²) in [4.78, 5) is 37.2. The lowest BCUT2D eigenvalue weighted by atomic mass is 10.0. The van der Waals surface area contributed by atoms with Crippen LogP contribution in [0.4, 0.5) is 0 Å². The summed E-state index contributed by atoms with van der Waals surface area (Å²) in [6, 6.07) is 9.87. The minimum absolute atomic E-state index is 0.138. The van der Waals surface area contributed by atoms with Gasteiger partial charge in [-0.2, -0.15) is 0 Å². The van der Waals surface area contributed by atoms with E-state index < -0.39 is 18.0 Å². The summed E-state index contributed by atoms with van der Waals surface area (Å²) in [7, 11) is 0.